The zero-order valence-corrected chi connectivity index (χ0v) is 12.1. The monoisotopic (exact) mass is 286 g/mol. The molecule has 106 valence electrons. The maximum atomic E-state index is 13.5. The fourth-order valence-electron chi connectivity index (χ4n) is 1.65. The number of halogens is 2. The largest absolute Gasteiger partial charge is 0.372 e. The minimum Gasteiger partial charge on any atom is -0.372 e. The standard InChI is InChI=1S/C14H20ClFN2O/c1-3-4-5-8-17-14(19)10(2)18-13-7-6-11(15)9-12(13)16/h6-7,9-10,18H,3-5,8H2,1-2H3,(H,17,19). The predicted octanol–water partition coefficient (Wildman–Crippen LogP) is 3.59. The molecular formula is C14H20ClFN2O. The zero-order chi connectivity index (χ0) is 14.3. The number of rotatable bonds is 7. The van der Waals surface area contributed by atoms with Crippen molar-refractivity contribution in [1.29, 1.82) is 0 Å². The topological polar surface area (TPSA) is 41.1 Å². The molecular weight excluding hydrogens is 267 g/mol. The molecule has 0 bridgehead atoms. The van der Waals surface area contributed by atoms with E-state index in [0.29, 0.717) is 11.6 Å². The van der Waals surface area contributed by atoms with Crippen molar-refractivity contribution in [2.45, 2.75) is 39.2 Å². The first-order chi connectivity index (χ1) is 9.04. The summed E-state index contributed by atoms with van der Waals surface area (Å²) in [7, 11) is 0. The van der Waals surface area contributed by atoms with Gasteiger partial charge < -0.3 is 10.6 Å². The van der Waals surface area contributed by atoms with Crippen LogP contribution in [0, 0.1) is 5.82 Å². The Morgan fingerprint density at radius 1 is 1.42 bits per heavy atom. The lowest BCUT2D eigenvalue weighted by Gasteiger charge is -2.15. The highest BCUT2D eigenvalue weighted by Gasteiger charge is 2.13. The molecule has 1 atom stereocenters. The average Bonchev–Trinajstić information content (AvgIpc) is 2.37. The molecule has 0 aliphatic rings. The van der Waals surface area contributed by atoms with E-state index in [4.69, 9.17) is 11.6 Å². The highest BCUT2D eigenvalue weighted by molar-refractivity contribution is 6.30. The van der Waals surface area contributed by atoms with Crippen LogP contribution in [0.25, 0.3) is 0 Å². The Hall–Kier alpha value is -1.29. The highest BCUT2D eigenvalue weighted by Crippen LogP contribution is 2.19. The molecule has 0 radical (unpaired) electrons. The molecule has 0 saturated heterocycles. The van der Waals surface area contributed by atoms with Crippen LogP contribution >= 0.6 is 11.6 Å². The number of anilines is 1. The molecule has 0 aliphatic heterocycles. The number of carbonyl (C=O) groups is 1. The quantitative estimate of drug-likeness (QED) is 0.752. The van der Waals surface area contributed by atoms with Gasteiger partial charge in [0.05, 0.1) is 5.69 Å². The molecule has 0 fully saturated rings. The minimum absolute atomic E-state index is 0.134. The second kappa shape index (κ2) is 8.00. The molecule has 1 unspecified atom stereocenters. The zero-order valence-electron chi connectivity index (χ0n) is 11.3. The normalized spacial score (nSPS) is 12.0. The smallest absolute Gasteiger partial charge is 0.242 e. The van der Waals surface area contributed by atoms with Crippen LogP contribution in [0.1, 0.15) is 33.1 Å². The fourth-order valence-corrected chi connectivity index (χ4v) is 1.80. The van der Waals surface area contributed by atoms with Gasteiger partial charge in [0.1, 0.15) is 11.9 Å². The maximum absolute atomic E-state index is 13.5. The average molecular weight is 287 g/mol. The number of nitrogens with one attached hydrogen (secondary N) is 2. The number of benzene rings is 1. The molecule has 2 N–H and O–H groups in total. The van der Waals surface area contributed by atoms with Gasteiger partial charge in [-0.2, -0.15) is 0 Å². The van der Waals surface area contributed by atoms with Crippen LogP contribution in [0.3, 0.4) is 0 Å². The third-order valence-electron chi connectivity index (χ3n) is 2.78. The Labute approximate surface area is 118 Å². The van der Waals surface area contributed by atoms with Crippen LogP contribution < -0.4 is 10.6 Å². The SMILES string of the molecule is CCCCCNC(=O)C(C)Nc1ccc(Cl)cc1F. The molecule has 1 aromatic carbocycles. The lowest BCUT2D eigenvalue weighted by molar-refractivity contribution is -0.121. The van der Waals surface area contributed by atoms with Crippen molar-refractivity contribution in [3.63, 3.8) is 0 Å². The van der Waals surface area contributed by atoms with E-state index in [9.17, 15) is 9.18 Å². The lowest BCUT2D eigenvalue weighted by atomic mass is 10.2. The van der Waals surface area contributed by atoms with Gasteiger partial charge in [0, 0.05) is 11.6 Å². The summed E-state index contributed by atoms with van der Waals surface area (Å²) in [6, 6.07) is 3.84. The predicted molar refractivity (Wildman–Crippen MR) is 77.0 cm³/mol. The molecule has 0 aromatic heterocycles. The van der Waals surface area contributed by atoms with Gasteiger partial charge in [-0.3, -0.25) is 4.79 Å². The van der Waals surface area contributed by atoms with Gasteiger partial charge >= 0.3 is 0 Å². The first-order valence-electron chi connectivity index (χ1n) is 6.54. The van der Waals surface area contributed by atoms with Crippen molar-refractivity contribution >= 4 is 23.2 Å². The second-order valence-corrected chi connectivity index (χ2v) is 4.92. The van der Waals surface area contributed by atoms with Crippen LogP contribution in [-0.4, -0.2) is 18.5 Å². The number of carbonyl (C=O) groups excluding carboxylic acids is 1. The van der Waals surface area contributed by atoms with E-state index >= 15 is 0 Å². The third kappa shape index (κ3) is 5.47. The maximum Gasteiger partial charge on any atom is 0.242 e. The van der Waals surface area contributed by atoms with Crippen molar-refractivity contribution in [3.05, 3.63) is 29.0 Å². The second-order valence-electron chi connectivity index (χ2n) is 4.49. The van der Waals surface area contributed by atoms with Crippen molar-refractivity contribution in [3.8, 4) is 0 Å². The van der Waals surface area contributed by atoms with Crippen LogP contribution in [0.4, 0.5) is 10.1 Å². The Morgan fingerprint density at radius 3 is 2.79 bits per heavy atom. The number of unbranched alkanes of at least 4 members (excludes halogenated alkanes) is 2. The molecule has 1 rings (SSSR count). The van der Waals surface area contributed by atoms with Gasteiger partial charge in [0.2, 0.25) is 5.91 Å². The van der Waals surface area contributed by atoms with E-state index in [1.54, 1.807) is 13.0 Å². The number of amides is 1. The number of hydrogen-bond acceptors (Lipinski definition) is 2. The molecule has 5 heteroatoms. The molecule has 0 heterocycles. The van der Waals surface area contributed by atoms with Gasteiger partial charge in [0.15, 0.2) is 0 Å². The van der Waals surface area contributed by atoms with Crippen LogP contribution in [0.15, 0.2) is 18.2 Å². The van der Waals surface area contributed by atoms with E-state index in [1.807, 2.05) is 0 Å². The molecule has 0 saturated carbocycles. The van der Waals surface area contributed by atoms with Gasteiger partial charge in [-0.15, -0.1) is 0 Å². The summed E-state index contributed by atoms with van der Waals surface area (Å²) in [5.74, 6) is -0.594. The van der Waals surface area contributed by atoms with Crippen molar-refractivity contribution < 1.29 is 9.18 Å². The van der Waals surface area contributed by atoms with Crippen LogP contribution in [0.5, 0.6) is 0 Å². The van der Waals surface area contributed by atoms with Crippen molar-refractivity contribution in [2.24, 2.45) is 0 Å². The van der Waals surface area contributed by atoms with Crippen LogP contribution in [-0.2, 0) is 4.79 Å². The van der Waals surface area contributed by atoms with E-state index in [-0.39, 0.29) is 11.6 Å². The summed E-state index contributed by atoms with van der Waals surface area (Å²) in [5.41, 5.74) is 0.278. The highest BCUT2D eigenvalue weighted by atomic mass is 35.5. The Morgan fingerprint density at radius 2 is 2.16 bits per heavy atom. The summed E-state index contributed by atoms with van der Waals surface area (Å²) >= 11 is 5.67. The Bertz CT molecular complexity index is 426. The van der Waals surface area contributed by atoms with Gasteiger partial charge in [-0.05, 0) is 31.5 Å². The third-order valence-corrected chi connectivity index (χ3v) is 3.01. The lowest BCUT2D eigenvalue weighted by Crippen LogP contribution is -2.38. The molecule has 1 aromatic rings. The summed E-state index contributed by atoms with van der Waals surface area (Å²) in [4.78, 5) is 11.8. The first kappa shape index (κ1) is 15.8. The van der Waals surface area contributed by atoms with E-state index < -0.39 is 11.9 Å². The Balaban J connectivity index is 2.45. The van der Waals surface area contributed by atoms with Gasteiger partial charge in [-0.25, -0.2) is 4.39 Å². The summed E-state index contributed by atoms with van der Waals surface area (Å²) in [6.45, 7) is 4.46. The van der Waals surface area contributed by atoms with E-state index in [0.717, 1.165) is 19.3 Å². The Kier molecular flexibility index (Phi) is 6.64. The molecule has 19 heavy (non-hydrogen) atoms. The van der Waals surface area contributed by atoms with Crippen LogP contribution in [0.2, 0.25) is 5.02 Å². The van der Waals surface area contributed by atoms with Crippen molar-refractivity contribution in [2.75, 3.05) is 11.9 Å². The fraction of sp³-hybridized carbons (Fsp3) is 0.500. The minimum atomic E-state index is -0.489. The molecule has 3 nitrogen and oxygen atoms in total. The van der Waals surface area contributed by atoms with E-state index in [1.165, 1.54) is 12.1 Å². The van der Waals surface area contributed by atoms with Crippen molar-refractivity contribution in [1.82, 2.24) is 5.32 Å². The number of hydrogen-bond donors (Lipinski definition) is 2. The van der Waals surface area contributed by atoms with Gasteiger partial charge in [-0.1, -0.05) is 31.4 Å². The van der Waals surface area contributed by atoms with Gasteiger partial charge in [0.25, 0.3) is 0 Å². The summed E-state index contributed by atoms with van der Waals surface area (Å²) in [5, 5.41) is 5.98. The van der Waals surface area contributed by atoms with E-state index in [2.05, 4.69) is 17.6 Å². The summed E-state index contributed by atoms with van der Waals surface area (Å²) in [6.07, 6.45) is 3.16. The molecule has 1 amide bonds. The molecule has 0 aliphatic carbocycles. The first-order valence-corrected chi connectivity index (χ1v) is 6.91. The summed E-state index contributed by atoms with van der Waals surface area (Å²) < 4.78 is 13.5. The molecule has 0 spiro atoms.